The van der Waals surface area contributed by atoms with E-state index in [9.17, 15) is 0 Å². The van der Waals surface area contributed by atoms with Crippen LogP contribution in [0.4, 0.5) is 11.9 Å². The number of rotatable bonds is 4. The van der Waals surface area contributed by atoms with Gasteiger partial charge in [0, 0.05) is 31.0 Å². The van der Waals surface area contributed by atoms with Gasteiger partial charge in [0.2, 0.25) is 11.9 Å². The van der Waals surface area contributed by atoms with Crippen molar-refractivity contribution in [1.29, 1.82) is 0 Å². The van der Waals surface area contributed by atoms with E-state index < -0.39 is 0 Å². The molecule has 0 spiro atoms. The molecular weight excluding hydrogens is 266 g/mol. The molecular formula is C14H21N7. The minimum Gasteiger partial charge on any atom is -0.354 e. The lowest BCUT2D eigenvalue weighted by Gasteiger charge is -2.31. The normalized spacial score (nSPS) is 17.2. The van der Waals surface area contributed by atoms with Crippen LogP contribution in [-0.4, -0.2) is 43.4 Å². The quantitative estimate of drug-likeness (QED) is 0.925. The molecule has 1 saturated heterocycles. The molecule has 3 rings (SSSR count). The average Bonchev–Trinajstić information content (AvgIpc) is 3.07. The molecule has 2 aromatic heterocycles. The summed E-state index contributed by atoms with van der Waals surface area (Å²) in [6.45, 7) is 8.22. The second-order valence-corrected chi connectivity index (χ2v) is 5.81. The van der Waals surface area contributed by atoms with Crippen LogP contribution in [-0.2, 0) is 0 Å². The molecule has 0 saturated carbocycles. The lowest BCUT2D eigenvalue weighted by molar-refractivity contribution is 0.509. The van der Waals surface area contributed by atoms with Crippen LogP contribution in [0.5, 0.6) is 0 Å². The third-order valence-corrected chi connectivity index (χ3v) is 3.80. The van der Waals surface area contributed by atoms with Gasteiger partial charge >= 0.3 is 0 Å². The van der Waals surface area contributed by atoms with Crippen molar-refractivity contribution in [2.45, 2.75) is 39.2 Å². The fourth-order valence-electron chi connectivity index (χ4n) is 2.68. The van der Waals surface area contributed by atoms with E-state index in [-0.39, 0.29) is 5.54 Å². The summed E-state index contributed by atoms with van der Waals surface area (Å²) in [7, 11) is 0. The Hall–Kier alpha value is -2.18. The van der Waals surface area contributed by atoms with E-state index in [4.69, 9.17) is 0 Å². The van der Waals surface area contributed by atoms with E-state index in [1.165, 1.54) is 0 Å². The number of nitrogens with one attached hydrogen (secondary N) is 1. The first kappa shape index (κ1) is 13.8. The fraction of sp³-hybridized carbons (Fsp3) is 0.571. The van der Waals surface area contributed by atoms with Crippen LogP contribution < -0.4 is 10.2 Å². The van der Waals surface area contributed by atoms with Gasteiger partial charge in [0.15, 0.2) is 0 Å². The van der Waals surface area contributed by atoms with Crippen molar-refractivity contribution in [2.75, 3.05) is 23.3 Å². The van der Waals surface area contributed by atoms with Crippen LogP contribution in [0.15, 0.2) is 18.5 Å². The standard InChI is InChI=1S/C14H21N7/c1-4-15-11-17-12(20-9-5-7-14(20,2)3)19-13(18-11)21-10-6-8-16-21/h6,8,10H,4-5,7,9H2,1-3H3,(H,15,17,18,19). The lowest BCUT2D eigenvalue weighted by atomic mass is 10.0. The van der Waals surface area contributed by atoms with Crippen LogP contribution in [0, 0.1) is 0 Å². The van der Waals surface area contributed by atoms with Gasteiger partial charge in [-0.25, -0.2) is 4.68 Å². The summed E-state index contributed by atoms with van der Waals surface area (Å²) in [5.74, 6) is 1.85. The summed E-state index contributed by atoms with van der Waals surface area (Å²) in [6, 6.07) is 1.86. The first-order chi connectivity index (χ1) is 10.1. The van der Waals surface area contributed by atoms with Crippen molar-refractivity contribution in [1.82, 2.24) is 24.7 Å². The number of nitrogens with zero attached hydrogens (tertiary/aromatic N) is 6. The van der Waals surface area contributed by atoms with E-state index in [2.05, 4.69) is 44.1 Å². The highest BCUT2D eigenvalue weighted by atomic mass is 15.4. The van der Waals surface area contributed by atoms with Crippen molar-refractivity contribution < 1.29 is 0 Å². The summed E-state index contributed by atoms with van der Waals surface area (Å²) in [5, 5.41) is 7.38. The largest absolute Gasteiger partial charge is 0.354 e. The minimum absolute atomic E-state index is 0.0756. The lowest BCUT2D eigenvalue weighted by Crippen LogP contribution is -2.39. The maximum absolute atomic E-state index is 4.60. The summed E-state index contributed by atoms with van der Waals surface area (Å²) < 4.78 is 1.66. The summed E-state index contributed by atoms with van der Waals surface area (Å²) in [5.41, 5.74) is 0.0756. The van der Waals surface area contributed by atoms with Gasteiger partial charge < -0.3 is 10.2 Å². The summed E-state index contributed by atoms with van der Waals surface area (Å²) in [6.07, 6.45) is 5.86. The van der Waals surface area contributed by atoms with Gasteiger partial charge in [-0.1, -0.05) is 0 Å². The zero-order valence-corrected chi connectivity index (χ0v) is 12.7. The Morgan fingerprint density at radius 3 is 2.67 bits per heavy atom. The fourth-order valence-corrected chi connectivity index (χ4v) is 2.68. The Labute approximate surface area is 124 Å². The first-order valence-corrected chi connectivity index (χ1v) is 7.38. The Bertz CT molecular complexity index is 606. The highest BCUT2D eigenvalue weighted by molar-refractivity contribution is 5.43. The Balaban J connectivity index is 2.03. The smallest absolute Gasteiger partial charge is 0.257 e. The van der Waals surface area contributed by atoms with E-state index in [0.717, 1.165) is 25.9 Å². The Morgan fingerprint density at radius 2 is 2.05 bits per heavy atom. The maximum atomic E-state index is 4.60. The van der Waals surface area contributed by atoms with Crippen molar-refractivity contribution in [2.24, 2.45) is 0 Å². The molecule has 0 bridgehead atoms. The average molecular weight is 287 g/mol. The van der Waals surface area contributed by atoms with Crippen LogP contribution in [0.1, 0.15) is 33.6 Å². The molecule has 21 heavy (non-hydrogen) atoms. The van der Waals surface area contributed by atoms with Crippen molar-refractivity contribution in [3.63, 3.8) is 0 Å². The van der Waals surface area contributed by atoms with Crippen molar-refractivity contribution in [3.05, 3.63) is 18.5 Å². The molecule has 0 radical (unpaired) electrons. The molecule has 1 fully saturated rings. The predicted molar refractivity (Wildman–Crippen MR) is 81.8 cm³/mol. The van der Waals surface area contributed by atoms with Gasteiger partial charge in [-0.15, -0.1) is 0 Å². The molecule has 1 aliphatic rings. The van der Waals surface area contributed by atoms with Gasteiger partial charge in [-0.3, -0.25) is 0 Å². The molecule has 0 aromatic carbocycles. The predicted octanol–water partition coefficient (Wildman–Crippen LogP) is 1.87. The number of aromatic nitrogens is 5. The molecule has 7 heteroatoms. The van der Waals surface area contributed by atoms with E-state index in [0.29, 0.717) is 17.8 Å². The molecule has 0 amide bonds. The molecule has 7 nitrogen and oxygen atoms in total. The molecule has 112 valence electrons. The van der Waals surface area contributed by atoms with Gasteiger partial charge in [-0.2, -0.15) is 20.1 Å². The molecule has 0 unspecified atom stereocenters. The monoisotopic (exact) mass is 287 g/mol. The van der Waals surface area contributed by atoms with Gasteiger partial charge in [0.25, 0.3) is 5.95 Å². The third kappa shape index (κ3) is 2.68. The van der Waals surface area contributed by atoms with Crippen LogP contribution in [0.3, 0.4) is 0 Å². The van der Waals surface area contributed by atoms with E-state index in [1.807, 2.05) is 19.2 Å². The van der Waals surface area contributed by atoms with Gasteiger partial charge in [0.1, 0.15) is 0 Å². The van der Waals surface area contributed by atoms with Crippen LogP contribution in [0.25, 0.3) is 5.95 Å². The summed E-state index contributed by atoms with van der Waals surface area (Å²) >= 11 is 0. The topological polar surface area (TPSA) is 71.8 Å². The highest BCUT2D eigenvalue weighted by Gasteiger charge is 2.34. The SMILES string of the molecule is CCNc1nc(N2CCCC2(C)C)nc(-n2cccn2)n1. The molecule has 0 aliphatic carbocycles. The van der Waals surface area contributed by atoms with Crippen molar-refractivity contribution >= 4 is 11.9 Å². The minimum atomic E-state index is 0.0756. The van der Waals surface area contributed by atoms with Gasteiger partial charge in [0.05, 0.1) is 0 Å². The van der Waals surface area contributed by atoms with Crippen LogP contribution in [0.2, 0.25) is 0 Å². The van der Waals surface area contributed by atoms with Crippen molar-refractivity contribution in [3.8, 4) is 5.95 Å². The van der Waals surface area contributed by atoms with Gasteiger partial charge in [-0.05, 0) is 39.7 Å². The molecule has 1 N–H and O–H groups in total. The number of hydrogen-bond acceptors (Lipinski definition) is 6. The zero-order chi connectivity index (χ0) is 14.9. The first-order valence-electron chi connectivity index (χ1n) is 7.38. The molecule has 1 aliphatic heterocycles. The molecule has 3 heterocycles. The Morgan fingerprint density at radius 1 is 1.24 bits per heavy atom. The third-order valence-electron chi connectivity index (χ3n) is 3.80. The van der Waals surface area contributed by atoms with E-state index in [1.54, 1.807) is 10.9 Å². The second-order valence-electron chi connectivity index (χ2n) is 5.81. The summed E-state index contributed by atoms with van der Waals surface area (Å²) in [4.78, 5) is 15.8. The molecule has 0 atom stereocenters. The maximum Gasteiger partial charge on any atom is 0.257 e. The zero-order valence-electron chi connectivity index (χ0n) is 12.7. The number of anilines is 2. The number of hydrogen-bond donors (Lipinski definition) is 1. The van der Waals surface area contributed by atoms with E-state index >= 15 is 0 Å². The Kier molecular flexibility index (Phi) is 3.48. The highest BCUT2D eigenvalue weighted by Crippen LogP contribution is 2.31. The second kappa shape index (κ2) is 5.31. The van der Waals surface area contributed by atoms with Crippen LogP contribution >= 0.6 is 0 Å². The molecule has 2 aromatic rings.